The van der Waals surface area contributed by atoms with Crippen LogP contribution in [-0.4, -0.2) is 5.11 Å². The minimum atomic E-state index is -0.214. The SMILES string of the molecule is CCC(N[C@@H](C)c1cccc(F)c1)c1ccc(O)cc1. The lowest BCUT2D eigenvalue weighted by Crippen LogP contribution is -2.24. The van der Waals surface area contributed by atoms with Gasteiger partial charge in [0, 0.05) is 12.1 Å². The van der Waals surface area contributed by atoms with Gasteiger partial charge in [0.15, 0.2) is 0 Å². The molecule has 2 aromatic rings. The van der Waals surface area contributed by atoms with Crippen LogP contribution in [0, 0.1) is 5.82 Å². The number of benzene rings is 2. The van der Waals surface area contributed by atoms with E-state index in [-0.39, 0.29) is 23.7 Å². The van der Waals surface area contributed by atoms with Crippen molar-refractivity contribution in [3.05, 3.63) is 65.5 Å². The van der Waals surface area contributed by atoms with Crippen LogP contribution < -0.4 is 5.32 Å². The topological polar surface area (TPSA) is 32.3 Å². The number of aromatic hydroxyl groups is 1. The van der Waals surface area contributed by atoms with Crippen molar-refractivity contribution < 1.29 is 9.50 Å². The molecule has 0 aliphatic rings. The van der Waals surface area contributed by atoms with E-state index in [1.807, 2.05) is 25.1 Å². The molecule has 0 amide bonds. The maximum Gasteiger partial charge on any atom is 0.123 e. The van der Waals surface area contributed by atoms with Gasteiger partial charge in [-0.2, -0.15) is 0 Å². The van der Waals surface area contributed by atoms with Crippen LogP contribution in [0.2, 0.25) is 0 Å². The second-order valence-electron chi connectivity index (χ2n) is 5.00. The van der Waals surface area contributed by atoms with E-state index in [0.717, 1.165) is 17.5 Å². The van der Waals surface area contributed by atoms with Crippen molar-refractivity contribution in [1.29, 1.82) is 0 Å². The molecule has 0 saturated carbocycles. The van der Waals surface area contributed by atoms with Gasteiger partial charge >= 0.3 is 0 Å². The fourth-order valence-corrected chi connectivity index (χ4v) is 2.33. The molecule has 3 heteroatoms. The summed E-state index contributed by atoms with van der Waals surface area (Å²) < 4.78 is 13.3. The van der Waals surface area contributed by atoms with Gasteiger partial charge in [-0.1, -0.05) is 31.2 Å². The minimum Gasteiger partial charge on any atom is -0.508 e. The average Bonchev–Trinajstić information content (AvgIpc) is 2.45. The van der Waals surface area contributed by atoms with E-state index in [1.165, 1.54) is 6.07 Å². The fraction of sp³-hybridized carbons (Fsp3) is 0.294. The van der Waals surface area contributed by atoms with Gasteiger partial charge in [0.25, 0.3) is 0 Å². The Morgan fingerprint density at radius 1 is 1.10 bits per heavy atom. The molecule has 0 spiro atoms. The standard InChI is InChI=1S/C17H20FNO/c1-3-17(13-7-9-16(20)10-8-13)19-12(2)14-5-4-6-15(18)11-14/h4-12,17,19-20H,3H2,1-2H3/t12-,17?/m0/s1. The molecule has 0 aliphatic heterocycles. The molecule has 0 fully saturated rings. The Bertz CT molecular complexity index is 553. The maximum absolute atomic E-state index is 13.3. The minimum absolute atomic E-state index is 0.0597. The molecular weight excluding hydrogens is 253 g/mol. The van der Waals surface area contributed by atoms with Gasteiger partial charge in [-0.15, -0.1) is 0 Å². The van der Waals surface area contributed by atoms with Crippen LogP contribution >= 0.6 is 0 Å². The quantitative estimate of drug-likeness (QED) is 0.849. The number of hydrogen-bond acceptors (Lipinski definition) is 2. The molecule has 106 valence electrons. The second-order valence-corrected chi connectivity index (χ2v) is 5.00. The van der Waals surface area contributed by atoms with E-state index in [2.05, 4.69) is 12.2 Å². The van der Waals surface area contributed by atoms with E-state index in [0.29, 0.717) is 0 Å². The van der Waals surface area contributed by atoms with Gasteiger partial charge in [-0.05, 0) is 48.7 Å². The lowest BCUT2D eigenvalue weighted by molar-refractivity contribution is 0.451. The van der Waals surface area contributed by atoms with E-state index in [4.69, 9.17) is 0 Å². The predicted molar refractivity (Wildman–Crippen MR) is 79.1 cm³/mol. The molecule has 2 aromatic carbocycles. The van der Waals surface area contributed by atoms with E-state index in [9.17, 15) is 9.50 Å². The molecule has 2 atom stereocenters. The van der Waals surface area contributed by atoms with Crippen molar-refractivity contribution in [3.63, 3.8) is 0 Å². The number of hydrogen-bond donors (Lipinski definition) is 2. The third-order valence-corrected chi connectivity index (χ3v) is 3.50. The zero-order chi connectivity index (χ0) is 14.5. The molecular formula is C17H20FNO. The number of phenols is 1. The van der Waals surface area contributed by atoms with Gasteiger partial charge in [-0.25, -0.2) is 4.39 Å². The highest BCUT2D eigenvalue weighted by Gasteiger charge is 2.14. The van der Waals surface area contributed by atoms with Crippen LogP contribution in [0.5, 0.6) is 5.75 Å². The zero-order valence-corrected chi connectivity index (χ0v) is 11.8. The third kappa shape index (κ3) is 3.58. The van der Waals surface area contributed by atoms with Gasteiger partial charge < -0.3 is 10.4 Å². The van der Waals surface area contributed by atoms with Crippen LogP contribution in [-0.2, 0) is 0 Å². The first-order valence-electron chi connectivity index (χ1n) is 6.90. The van der Waals surface area contributed by atoms with Crippen molar-refractivity contribution in [2.24, 2.45) is 0 Å². The molecule has 20 heavy (non-hydrogen) atoms. The van der Waals surface area contributed by atoms with Gasteiger partial charge in [0.1, 0.15) is 11.6 Å². The normalized spacial score (nSPS) is 13.9. The summed E-state index contributed by atoms with van der Waals surface area (Å²) in [6.45, 7) is 4.13. The van der Waals surface area contributed by atoms with E-state index in [1.54, 1.807) is 24.3 Å². The summed E-state index contributed by atoms with van der Waals surface area (Å²) in [7, 11) is 0. The molecule has 0 aliphatic carbocycles. The van der Waals surface area contributed by atoms with Crippen LogP contribution in [0.3, 0.4) is 0 Å². The second kappa shape index (κ2) is 6.53. The van der Waals surface area contributed by atoms with Crippen molar-refractivity contribution in [2.45, 2.75) is 32.4 Å². The Balaban J connectivity index is 2.11. The van der Waals surface area contributed by atoms with E-state index >= 15 is 0 Å². The van der Waals surface area contributed by atoms with Crippen molar-refractivity contribution in [2.75, 3.05) is 0 Å². The summed E-state index contributed by atoms with van der Waals surface area (Å²) >= 11 is 0. The lowest BCUT2D eigenvalue weighted by atomic mass is 10.0. The Morgan fingerprint density at radius 3 is 2.40 bits per heavy atom. The molecule has 0 bridgehead atoms. The summed E-state index contributed by atoms with van der Waals surface area (Å²) in [6.07, 6.45) is 0.921. The predicted octanol–water partition coefficient (Wildman–Crippen LogP) is 4.33. The van der Waals surface area contributed by atoms with E-state index < -0.39 is 0 Å². The molecule has 2 rings (SSSR count). The molecule has 0 saturated heterocycles. The smallest absolute Gasteiger partial charge is 0.123 e. The van der Waals surface area contributed by atoms with Crippen LogP contribution in [0.1, 0.15) is 43.5 Å². The highest BCUT2D eigenvalue weighted by molar-refractivity contribution is 5.28. The molecule has 0 heterocycles. The molecule has 1 unspecified atom stereocenters. The fourth-order valence-electron chi connectivity index (χ4n) is 2.33. The summed E-state index contributed by atoms with van der Waals surface area (Å²) in [4.78, 5) is 0. The maximum atomic E-state index is 13.3. The third-order valence-electron chi connectivity index (χ3n) is 3.50. The first-order valence-corrected chi connectivity index (χ1v) is 6.90. The number of rotatable bonds is 5. The Morgan fingerprint density at radius 2 is 1.80 bits per heavy atom. The van der Waals surface area contributed by atoms with Gasteiger partial charge in [0.2, 0.25) is 0 Å². The van der Waals surface area contributed by atoms with Crippen LogP contribution in [0.25, 0.3) is 0 Å². The van der Waals surface area contributed by atoms with Gasteiger partial charge in [0.05, 0.1) is 0 Å². The molecule has 2 N–H and O–H groups in total. The zero-order valence-electron chi connectivity index (χ0n) is 11.8. The van der Waals surface area contributed by atoms with Crippen LogP contribution in [0.15, 0.2) is 48.5 Å². The highest BCUT2D eigenvalue weighted by atomic mass is 19.1. The summed E-state index contributed by atoms with van der Waals surface area (Å²) in [5.41, 5.74) is 2.05. The summed E-state index contributed by atoms with van der Waals surface area (Å²) in [6, 6.07) is 14.1. The number of nitrogens with one attached hydrogen (secondary N) is 1. The number of phenolic OH excluding ortho intramolecular Hbond substituents is 1. The summed E-state index contributed by atoms with van der Waals surface area (Å²) in [5.74, 6) is 0.0515. The number of halogens is 1. The average molecular weight is 273 g/mol. The van der Waals surface area contributed by atoms with Crippen molar-refractivity contribution in [3.8, 4) is 5.75 Å². The monoisotopic (exact) mass is 273 g/mol. The van der Waals surface area contributed by atoms with Gasteiger partial charge in [-0.3, -0.25) is 0 Å². The highest BCUT2D eigenvalue weighted by Crippen LogP contribution is 2.24. The summed E-state index contributed by atoms with van der Waals surface area (Å²) in [5, 5.41) is 12.8. The molecule has 0 radical (unpaired) electrons. The molecule has 2 nitrogen and oxygen atoms in total. The van der Waals surface area contributed by atoms with Crippen molar-refractivity contribution >= 4 is 0 Å². The largest absolute Gasteiger partial charge is 0.508 e. The van der Waals surface area contributed by atoms with Crippen LogP contribution in [0.4, 0.5) is 4.39 Å². The van der Waals surface area contributed by atoms with Crippen molar-refractivity contribution in [1.82, 2.24) is 5.32 Å². The lowest BCUT2D eigenvalue weighted by Gasteiger charge is -2.23. The molecule has 0 aromatic heterocycles. The Labute approximate surface area is 119 Å². The first-order chi connectivity index (χ1) is 9.60. The Hall–Kier alpha value is -1.87. The Kier molecular flexibility index (Phi) is 4.74. The first kappa shape index (κ1) is 14.5.